The fraction of sp³-hybridized carbons (Fsp3) is 0.375. The Bertz CT molecular complexity index is 753. The van der Waals surface area contributed by atoms with Gasteiger partial charge in [0, 0.05) is 18.5 Å². The Balaban J connectivity index is 2.25. The van der Waals surface area contributed by atoms with E-state index in [1.807, 2.05) is 6.07 Å². The Labute approximate surface area is 136 Å². The number of furan rings is 1. The average molecular weight is 339 g/mol. The largest absolute Gasteiger partial charge is 0.493 e. The molecule has 0 aliphatic rings. The van der Waals surface area contributed by atoms with Gasteiger partial charge in [-0.05, 0) is 37.6 Å². The standard InChI is InChI=1S/C16H21NO5S/c1-11-8-14(20-3)15(21-4)10-16(11)23(18,19)17-12(2)9-13-6-5-7-22-13/h5-8,10,12,17H,9H2,1-4H3. The third-order valence-corrected chi connectivity index (χ3v) is 5.15. The molecule has 1 aromatic heterocycles. The summed E-state index contributed by atoms with van der Waals surface area (Å²) in [6, 6.07) is 6.39. The maximum Gasteiger partial charge on any atom is 0.241 e. The number of rotatable bonds is 7. The van der Waals surface area contributed by atoms with Crippen LogP contribution in [0.1, 0.15) is 18.2 Å². The van der Waals surface area contributed by atoms with E-state index in [0.717, 1.165) is 5.76 Å². The number of nitrogens with one attached hydrogen (secondary N) is 1. The summed E-state index contributed by atoms with van der Waals surface area (Å²) in [6.07, 6.45) is 2.04. The highest BCUT2D eigenvalue weighted by molar-refractivity contribution is 7.89. The SMILES string of the molecule is COc1cc(C)c(S(=O)(=O)NC(C)Cc2ccco2)cc1OC. The Kier molecular flexibility index (Phi) is 5.33. The molecule has 1 atom stereocenters. The van der Waals surface area contributed by atoms with Crippen LogP contribution in [-0.4, -0.2) is 28.7 Å². The van der Waals surface area contributed by atoms with E-state index in [4.69, 9.17) is 13.9 Å². The molecular formula is C16H21NO5S. The zero-order valence-corrected chi connectivity index (χ0v) is 14.4. The molecule has 1 unspecified atom stereocenters. The molecule has 0 saturated heterocycles. The lowest BCUT2D eigenvalue weighted by Gasteiger charge is -2.16. The van der Waals surface area contributed by atoms with Crippen molar-refractivity contribution in [2.45, 2.75) is 31.2 Å². The molecule has 0 fully saturated rings. The first kappa shape index (κ1) is 17.4. The summed E-state index contributed by atoms with van der Waals surface area (Å²) in [7, 11) is -0.700. The molecule has 1 N–H and O–H groups in total. The molecular weight excluding hydrogens is 318 g/mol. The monoisotopic (exact) mass is 339 g/mol. The average Bonchev–Trinajstić information content (AvgIpc) is 2.98. The molecule has 2 rings (SSSR count). The Morgan fingerprint density at radius 2 is 1.87 bits per heavy atom. The maximum atomic E-state index is 12.6. The lowest BCUT2D eigenvalue weighted by Crippen LogP contribution is -2.34. The van der Waals surface area contributed by atoms with Crippen molar-refractivity contribution in [1.29, 1.82) is 0 Å². The van der Waals surface area contributed by atoms with E-state index in [0.29, 0.717) is 23.5 Å². The molecule has 0 aliphatic heterocycles. The minimum absolute atomic E-state index is 0.168. The number of benzene rings is 1. The van der Waals surface area contributed by atoms with Gasteiger partial charge >= 0.3 is 0 Å². The molecule has 0 saturated carbocycles. The van der Waals surface area contributed by atoms with Crippen LogP contribution in [0.3, 0.4) is 0 Å². The van der Waals surface area contributed by atoms with E-state index in [9.17, 15) is 8.42 Å². The van der Waals surface area contributed by atoms with Crippen LogP contribution in [0.2, 0.25) is 0 Å². The van der Waals surface area contributed by atoms with Gasteiger partial charge in [-0.25, -0.2) is 13.1 Å². The fourth-order valence-electron chi connectivity index (χ4n) is 2.35. The van der Waals surface area contributed by atoms with E-state index in [1.54, 1.807) is 32.2 Å². The van der Waals surface area contributed by atoms with Gasteiger partial charge in [-0.2, -0.15) is 0 Å². The van der Waals surface area contributed by atoms with Gasteiger partial charge in [0.05, 0.1) is 25.4 Å². The fourth-order valence-corrected chi connectivity index (χ4v) is 3.84. The van der Waals surface area contributed by atoms with Gasteiger partial charge in [0.25, 0.3) is 0 Å². The smallest absolute Gasteiger partial charge is 0.241 e. The Hall–Kier alpha value is -1.99. The first-order chi connectivity index (χ1) is 10.9. The molecule has 2 aromatic rings. The van der Waals surface area contributed by atoms with Crippen molar-refractivity contribution in [1.82, 2.24) is 4.72 Å². The van der Waals surface area contributed by atoms with Crippen LogP contribution in [-0.2, 0) is 16.4 Å². The molecule has 0 amide bonds. The third-order valence-electron chi connectivity index (χ3n) is 3.41. The number of ether oxygens (including phenoxy) is 2. The first-order valence-corrected chi connectivity index (χ1v) is 8.63. The highest BCUT2D eigenvalue weighted by atomic mass is 32.2. The zero-order valence-electron chi connectivity index (χ0n) is 13.6. The molecule has 0 bridgehead atoms. The van der Waals surface area contributed by atoms with Crippen molar-refractivity contribution in [2.75, 3.05) is 14.2 Å². The van der Waals surface area contributed by atoms with E-state index < -0.39 is 10.0 Å². The normalized spacial score (nSPS) is 12.9. The second-order valence-corrected chi connectivity index (χ2v) is 6.96. The van der Waals surface area contributed by atoms with Crippen LogP contribution in [0.25, 0.3) is 0 Å². The van der Waals surface area contributed by atoms with Crippen molar-refractivity contribution in [3.05, 3.63) is 41.9 Å². The summed E-state index contributed by atoms with van der Waals surface area (Å²) in [4.78, 5) is 0.168. The van der Waals surface area contributed by atoms with Gasteiger partial charge in [-0.3, -0.25) is 0 Å². The van der Waals surface area contributed by atoms with Gasteiger partial charge in [-0.15, -0.1) is 0 Å². The van der Waals surface area contributed by atoms with Crippen molar-refractivity contribution in [3.8, 4) is 11.5 Å². The summed E-state index contributed by atoms with van der Waals surface area (Å²) in [5, 5.41) is 0. The first-order valence-electron chi connectivity index (χ1n) is 7.14. The van der Waals surface area contributed by atoms with E-state index in [-0.39, 0.29) is 10.9 Å². The number of hydrogen-bond acceptors (Lipinski definition) is 5. The quantitative estimate of drug-likeness (QED) is 0.839. The third kappa shape index (κ3) is 4.05. The predicted octanol–water partition coefficient (Wildman–Crippen LogP) is 2.51. The van der Waals surface area contributed by atoms with Crippen LogP contribution in [0.5, 0.6) is 11.5 Å². The van der Waals surface area contributed by atoms with Gasteiger partial charge in [0.2, 0.25) is 10.0 Å². The van der Waals surface area contributed by atoms with Gasteiger partial charge in [0.1, 0.15) is 5.76 Å². The number of methoxy groups -OCH3 is 2. The topological polar surface area (TPSA) is 77.8 Å². The Morgan fingerprint density at radius 3 is 2.43 bits per heavy atom. The predicted molar refractivity (Wildman–Crippen MR) is 86.5 cm³/mol. The summed E-state index contributed by atoms with van der Waals surface area (Å²) in [6.45, 7) is 3.50. The molecule has 1 aromatic carbocycles. The summed E-state index contributed by atoms with van der Waals surface area (Å²) < 4.78 is 43.5. The molecule has 23 heavy (non-hydrogen) atoms. The van der Waals surface area contributed by atoms with Gasteiger partial charge in [0.15, 0.2) is 11.5 Å². The second-order valence-electron chi connectivity index (χ2n) is 5.28. The molecule has 1 heterocycles. The summed E-state index contributed by atoms with van der Waals surface area (Å²) >= 11 is 0. The van der Waals surface area contributed by atoms with Crippen molar-refractivity contribution in [3.63, 3.8) is 0 Å². The van der Waals surface area contributed by atoms with Crippen molar-refractivity contribution in [2.24, 2.45) is 0 Å². The molecule has 6 nitrogen and oxygen atoms in total. The minimum Gasteiger partial charge on any atom is -0.493 e. The van der Waals surface area contributed by atoms with Crippen LogP contribution >= 0.6 is 0 Å². The summed E-state index contributed by atoms with van der Waals surface area (Å²) in [5.74, 6) is 1.59. The second kappa shape index (κ2) is 7.06. The van der Waals surface area contributed by atoms with E-state index in [2.05, 4.69) is 4.72 Å². The Morgan fingerprint density at radius 1 is 1.22 bits per heavy atom. The van der Waals surface area contributed by atoms with E-state index in [1.165, 1.54) is 20.3 Å². The molecule has 7 heteroatoms. The number of sulfonamides is 1. The molecule has 0 spiro atoms. The zero-order chi connectivity index (χ0) is 17.0. The molecule has 0 aliphatic carbocycles. The van der Waals surface area contributed by atoms with Crippen LogP contribution < -0.4 is 14.2 Å². The van der Waals surface area contributed by atoms with Gasteiger partial charge < -0.3 is 13.9 Å². The lowest BCUT2D eigenvalue weighted by atomic mass is 10.2. The van der Waals surface area contributed by atoms with Crippen LogP contribution in [0.15, 0.2) is 39.8 Å². The highest BCUT2D eigenvalue weighted by Crippen LogP contribution is 2.32. The molecule has 126 valence electrons. The summed E-state index contributed by atoms with van der Waals surface area (Å²) in [5.41, 5.74) is 0.584. The van der Waals surface area contributed by atoms with Crippen LogP contribution in [0, 0.1) is 6.92 Å². The number of hydrogen-bond donors (Lipinski definition) is 1. The van der Waals surface area contributed by atoms with E-state index >= 15 is 0 Å². The molecule has 0 radical (unpaired) electrons. The van der Waals surface area contributed by atoms with Gasteiger partial charge in [-0.1, -0.05) is 0 Å². The van der Waals surface area contributed by atoms with Crippen molar-refractivity contribution < 1.29 is 22.3 Å². The highest BCUT2D eigenvalue weighted by Gasteiger charge is 2.22. The number of aryl methyl sites for hydroxylation is 1. The maximum absolute atomic E-state index is 12.6. The van der Waals surface area contributed by atoms with Crippen LogP contribution in [0.4, 0.5) is 0 Å². The minimum atomic E-state index is -3.68. The lowest BCUT2D eigenvalue weighted by molar-refractivity contribution is 0.353. The van der Waals surface area contributed by atoms with Crippen molar-refractivity contribution >= 4 is 10.0 Å².